The van der Waals surface area contributed by atoms with E-state index in [1.807, 2.05) is 6.92 Å². The molecule has 1 saturated carbocycles. The van der Waals surface area contributed by atoms with Crippen LogP contribution in [0.3, 0.4) is 0 Å². The SMILES string of the molecule is CC1(O)CCC(CCO)CC1. The highest BCUT2D eigenvalue weighted by Crippen LogP contribution is 2.32. The maximum Gasteiger partial charge on any atom is 0.0620 e. The summed E-state index contributed by atoms with van der Waals surface area (Å²) in [6.07, 6.45) is 4.87. The van der Waals surface area contributed by atoms with Gasteiger partial charge >= 0.3 is 0 Å². The van der Waals surface area contributed by atoms with Gasteiger partial charge in [0.25, 0.3) is 0 Å². The van der Waals surface area contributed by atoms with Gasteiger partial charge in [-0.3, -0.25) is 0 Å². The van der Waals surface area contributed by atoms with Crippen LogP contribution < -0.4 is 0 Å². The van der Waals surface area contributed by atoms with Crippen LogP contribution in [0.2, 0.25) is 0 Å². The summed E-state index contributed by atoms with van der Waals surface area (Å²) < 4.78 is 0. The van der Waals surface area contributed by atoms with Crippen LogP contribution in [0.15, 0.2) is 0 Å². The van der Waals surface area contributed by atoms with Crippen molar-refractivity contribution in [1.29, 1.82) is 0 Å². The van der Waals surface area contributed by atoms with Gasteiger partial charge in [-0.15, -0.1) is 0 Å². The molecule has 1 fully saturated rings. The highest BCUT2D eigenvalue weighted by molar-refractivity contribution is 4.80. The molecule has 1 aliphatic carbocycles. The van der Waals surface area contributed by atoms with E-state index in [1.165, 1.54) is 0 Å². The highest BCUT2D eigenvalue weighted by Gasteiger charge is 2.27. The van der Waals surface area contributed by atoms with Crippen molar-refractivity contribution in [2.45, 2.75) is 44.6 Å². The molecule has 0 aromatic heterocycles. The summed E-state index contributed by atoms with van der Waals surface area (Å²) >= 11 is 0. The smallest absolute Gasteiger partial charge is 0.0620 e. The fourth-order valence-electron chi connectivity index (χ4n) is 1.77. The fourth-order valence-corrected chi connectivity index (χ4v) is 1.77. The molecule has 2 heteroatoms. The molecule has 0 bridgehead atoms. The minimum Gasteiger partial charge on any atom is -0.396 e. The van der Waals surface area contributed by atoms with Crippen LogP contribution in [0.1, 0.15) is 39.0 Å². The number of rotatable bonds is 2. The first-order valence-electron chi connectivity index (χ1n) is 4.47. The molecule has 0 radical (unpaired) electrons. The van der Waals surface area contributed by atoms with Crippen molar-refractivity contribution in [3.05, 3.63) is 0 Å². The van der Waals surface area contributed by atoms with Crippen molar-refractivity contribution >= 4 is 0 Å². The minimum absolute atomic E-state index is 0.298. The lowest BCUT2D eigenvalue weighted by Crippen LogP contribution is -2.30. The average molecular weight is 158 g/mol. The lowest BCUT2D eigenvalue weighted by atomic mass is 9.79. The van der Waals surface area contributed by atoms with Gasteiger partial charge in [0.05, 0.1) is 5.60 Å². The molecule has 0 atom stereocenters. The second kappa shape index (κ2) is 3.55. The summed E-state index contributed by atoms with van der Waals surface area (Å²) in [4.78, 5) is 0. The quantitative estimate of drug-likeness (QED) is 0.636. The van der Waals surface area contributed by atoms with E-state index in [9.17, 15) is 5.11 Å². The molecular weight excluding hydrogens is 140 g/mol. The van der Waals surface area contributed by atoms with Gasteiger partial charge < -0.3 is 10.2 Å². The van der Waals surface area contributed by atoms with E-state index in [2.05, 4.69) is 0 Å². The molecule has 0 saturated heterocycles. The zero-order chi connectivity index (χ0) is 8.32. The van der Waals surface area contributed by atoms with E-state index in [4.69, 9.17) is 5.11 Å². The molecule has 1 aliphatic rings. The van der Waals surface area contributed by atoms with Gasteiger partial charge in [0.2, 0.25) is 0 Å². The summed E-state index contributed by atoms with van der Waals surface area (Å²) in [6.45, 7) is 2.20. The summed E-state index contributed by atoms with van der Waals surface area (Å²) in [5, 5.41) is 18.3. The minimum atomic E-state index is -0.425. The van der Waals surface area contributed by atoms with Crippen molar-refractivity contribution < 1.29 is 10.2 Å². The Balaban J connectivity index is 2.25. The Morgan fingerprint density at radius 3 is 2.36 bits per heavy atom. The fraction of sp³-hybridized carbons (Fsp3) is 1.00. The third-order valence-electron chi connectivity index (χ3n) is 2.72. The summed E-state index contributed by atoms with van der Waals surface area (Å²) in [5.74, 6) is 0.653. The Bertz CT molecular complexity index is 111. The monoisotopic (exact) mass is 158 g/mol. The van der Waals surface area contributed by atoms with Gasteiger partial charge in [-0.05, 0) is 44.9 Å². The first-order valence-corrected chi connectivity index (χ1v) is 4.47. The van der Waals surface area contributed by atoms with Gasteiger partial charge in [-0.2, -0.15) is 0 Å². The van der Waals surface area contributed by atoms with E-state index in [1.54, 1.807) is 0 Å². The molecule has 0 heterocycles. The van der Waals surface area contributed by atoms with Gasteiger partial charge in [-0.1, -0.05) is 0 Å². The summed E-state index contributed by atoms with van der Waals surface area (Å²) in [6, 6.07) is 0. The number of hydrogen-bond acceptors (Lipinski definition) is 2. The molecule has 0 aliphatic heterocycles. The predicted molar refractivity (Wildman–Crippen MR) is 44.3 cm³/mol. The third-order valence-corrected chi connectivity index (χ3v) is 2.72. The highest BCUT2D eigenvalue weighted by atomic mass is 16.3. The number of aliphatic hydroxyl groups excluding tert-OH is 1. The van der Waals surface area contributed by atoms with Crippen LogP contribution >= 0.6 is 0 Å². The molecule has 66 valence electrons. The number of aliphatic hydroxyl groups is 2. The first kappa shape index (κ1) is 9.01. The predicted octanol–water partition coefficient (Wildman–Crippen LogP) is 1.31. The number of hydrogen-bond donors (Lipinski definition) is 2. The Morgan fingerprint density at radius 2 is 1.91 bits per heavy atom. The molecule has 11 heavy (non-hydrogen) atoms. The molecule has 0 unspecified atom stereocenters. The van der Waals surface area contributed by atoms with Crippen LogP contribution in [-0.2, 0) is 0 Å². The van der Waals surface area contributed by atoms with E-state index in [0.29, 0.717) is 12.5 Å². The zero-order valence-electron chi connectivity index (χ0n) is 7.21. The van der Waals surface area contributed by atoms with E-state index < -0.39 is 5.60 Å². The van der Waals surface area contributed by atoms with Crippen molar-refractivity contribution in [1.82, 2.24) is 0 Å². The van der Waals surface area contributed by atoms with Crippen LogP contribution in [0.4, 0.5) is 0 Å². The maximum absolute atomic E-state index is 9.60. The normalized spacial score (nSPS) is 39.0. The Morgan fingerprint density at radius 1 is 1.36 bits per heavy atom. The Kier molecular flexibility index (Phi) is 2.90. The van der Waals surface area contributed by atoms with Crippen molar-refractivity contribution in [3.8, 4) is 0 Å². The van der Waals surface area contributed by atoms with Crippen LogP contribution in [-0.4, -0.2) is 22.4 Å². The maximum atomic E-state index is 9.60. The zero-order valence-corrected chi connectivity index (χ0v) is 7.21. The Hall–Kier alpha value is -0.0800. The lowest BCUT2D eigenvalue weighted by Gasteiger charge is -2.32. The molecular formula is C9H18O2. The molecule has 0 amide bonds. The van der Waals surface area contributed by atoms with E-state index in [0.717, 1.165) is 32.1 Å². The topological polar surface area (TPSA) is 40.5 Å². The molecule has 0 aromatic rings. The second-order valence-corrected chi connectivity index (χ2v) is 3.95. The van der Waals surface area contributed by atoms with Crippen molar-refractivity contribution in [2.24, 2.45) is 5.92 Å². The third kappa shape index (κ3) is 2.80. The van der Waals surface area contributed by atoms with Crippen LogP contribution in [0, 0.1) is 5.92 Å². The van der Waals surface area contributed by atoms with Gasteiger partial charge in [0.1, 0.15) is 0 Å². The van der Waals surface area contributed by atoms with Crippen LogP contribution in [0.25, 0.3) is 0 Å². The average Bonchev–Trinajstić information content (AvgIpc) is 1.94. The van der Waals surface area contributed by atoms with Gasteiger partial charge in [0, 0.05) is 6.61 Å². The van der Waals surface area contributed by atoms with Crippen molar-refractivity contribution in [2.75, 3.05) is 6.61 Å². The molecule has 2 N–H and O–H groups in total. The van der Waals surface area contributed by atoms with E-state index >= 15 is 0 Å². The van der Waals surface area contributed by atoms with Gasteiger partial charge in [-0.25, -0.2) is 0 Å². The second-order valence-electron chi connectivity index (χ2n) is 3.95. The largest absolute Gasteiger partial charge is 0.396 e. The molecule has 0 spiro atoms. The Labute approximate surface area is 68.2 Å². The molecule has 0 aromatic carbocycles. The molecule has 1 rings (SSSR count). The summed E-state index contributed by atoms with van der Waals surface area (Å²) in [7, 11) is 0. The summed E-state index contributed by atoms with van der Waals surface area (Å²) in [5.41, 5.74) is -0.425. The van der Waals surface area contributed by atoms with Gasteiger partial charge in [0.15, 0.2) is 0 Å². The van der Waals surface area contributed by atoms with Crippen LogP contribution in [0.5, 0.6) is 0 Å². The first-order chi connectivity index (χ1) is 5.14. The lowest BCUT2D eigenvalue weighted by molar-refractivity contribution is 0.00481. The van der Waals surface area contributed by atoms with Crippen molar-refractivity contribution in [3.63, 3.8) is 0 Å². The molecule has 2 nitrogen and oxygen atoms in total. The van der Waals surface area contributed by atoms with E-state index in [-0.39, 0.29) is 0 Å². The standard InChI is InChI=1S/C9H18O2/c1-9(11)5-2-8(3-6-9)4-7-10/h8,10-11H,2-7H2,1H3.